The van der Waals surface area contributed by atoms with E-state index in [1.54, 1.807) is 0 Å². The van der Waals surface area contributed by atoms with Crippen molar-refractivity contribution in [2.75, 3.05) is 0 Å². The van der Waals surface area contributed by atoms with Crippen LogP contribution in [0.15, 0.2) is 51.7 Å². The summed E-state index contributed by atoms with van der Waals surface area (Å²) in [7, 11) is 0. The molecule has 178 valence electrons. The molecule has 0 heterocycles. The van der Waals surface area contributed by atoms with Gasteiger partial charge < -0.3 is 0 Å². The van der Waals surface area contributed by atoms with Gasteiger partial charge in [0.15, 0.2) is 0 Å². The maximum Gasteiger partial charge on any atom is 2.00 e. The molecule has 0 fully saturated rings. The second-order valence-electron chi connectivity index (χ2n) is 8.81. The summed E-state index contributed by atoms with van der Waals surface area (Å²) in [6.45, 7) is 21.8. The number of allylic oxidation sites excluding steroid dienone is 12. The molecule has 0 spiro atoms. The molecule has 3 rings (SSSR count). The summed E-state index contributed by atoms with van der Waals surface area (Å²) in [5, 5.41) is 0. The first kappa shape index (κ1) is 33.4. The first-order valence-corrected chi connectivity index (χ1v) is 12.4. The average molecular weight is 524 g/mol. The number of rotatable bonds is 0. The third kappa shape index (κ3) is 10.8. The van der Waals surface area contributed by atoms with Crippen LogP contribution in [0, 0.1) is 29.1 Å². The van der Waals surface area contributed by atoms with Crippen LogP contribution < -0.4 is 0 Å². The van der Waals surface area contributed by atoms with Gasteiger partial charge in [-0.15, -0.1) is 20.3 Å². The van der Waals surface area contributed by atoms with Gasteiger partial charge >= 0.3 is 58.8 Å². The molecule has 0 aromatic rings. The van der Waals surface area contributed by atoms with Crippen LogP contribution in [0.4, 0.5) is 0 Å². The Kier molecular flexibility index (Phi) is 15.4. The Morgan fingerprint density at radius 1 is 0.758 bits per heavy atom. The van der Waals surface area contributed by atoms with Gasteiger partial charge in [-0.25, -0.2) is 23.3 Å². The molecule has 0 aromatic heterocycles. The van der Waals surface area contributed by atoms with E-state index in [9.17, 15) is 14.4 Å². The van der Waals surface area contributed by atoms with Crippen LogP contribution in [0.2, 0.25) is 0 Å². The van der Waals surface area contributed by atoms with Gasteiger partial charge in [0.1, 0.15) is 0 Å². The van der Waals surface area contributed by atoms with Gasteiger partial charge in [-0.05, 0) is 0 Å². The van der Waals surface area contributed by atoms with Crippen molar-refractivity contribution in [3.8, 4) is 0 Å². The molecule has 0 saturated heterocycles. The molecule has 3 nitrogen and oxygen atoms in total. The maximum absolute atomic E-state index is 9.37. The second-order valence-corrected chi connectivity index (χ2v) is 10.5. The fourth-order valence-electron chi connectivity index (χ4n) is 3.20. The molecular formula is C28H35Cr2O3-. The van der Waals surface area contributed by atoms with E-state index in [1.165, 1.54) is 47.7 Å². The molecule has 33 heavy (non-hydrogen) atoms. The van der Waals surface area contributed by atoms with Crippen molar-refractivity contribution in [3.63, 3.8) is 0 Å². The molecule has 0 radical (unpaired) electrons. The SMILES string of the molecule is CC1=[C-]C(C)(C)C(C)=C1C.CC1=[C-]C(C)(C)C(C)=C1C.O=[C]=[Cr](=[C]=O)=[C]=O.[C-]1=CC=CC1.[Cr+2]. The third-order valence-electron chi connectivity index (χ3n) is 5.96. The molecular weight excluding hydrogens is 488 g/mol. The fraction of sp³-hybridized carbons (Fsp3) is 0.464. The second kappa shape index (κ2) is 15.2. The molecule has 0 atom stereocenters. The largest absolute Gasteiger partial charge is 2.00 e. The Morgan fingerprint density at radius 2 is 1.12 bits per heavy atom. The summed E-state index contributed by atoms with van der Waals surface area (Å²) in [4.78, 5) is 28.1. The summed E-state index contributed by atoms with van der Waals surface area (Å²) in [6.07, 6.45) is 16.9. The molecule has 0 aromatic carbocycles. The zero-order valence-corrected chi connectivity index (χ0v) is 24.0. The third-order valence-corrected chi connectivity index (χ3v) is 6.74. The molecule has 0 aliphatic heterocycles. The van der Waals surface area contributed by atoms with E-state index in [0.717, 1.165) is 6.42 Å². The molecule has 5 heteroatoms. The molecule has 0 saturated carbocycles. The minimum Gasteiger partial charge on any atom is -0.273 e. The molecule has 0 amide bonds. The summed E-state index contributed by atoms with van der Waals surface area (Å²) in [6, 6.07) is 0. The quantitative estimate of drug-likeness (QED) is 0.349. The zero-order chi connectivity index (χ0) is 25.1. The van der Waals surface area contributed by atoms with Crippen molar-refractivity contribution < 1.29 is 44.6 Å². The monoisotopic (exact) mass is 523 g/mol. The number of carbonyl (C=O) groups excluding carboxylic acids is 3. The van der Waals surface area contributed by atoms with Crippen molar-refractivity contribution in [2.24, 2.45) is 10.8 Å². The van der Waals surface area contributed by atoms with E-state index in [2.05, 4.69) is 93.5 Å². The normalized spacial score (nSPS) is 18.0. The number of hydrogen-bond acceptors (Lipinski definition) is 3. The Hall–Kier alpha value is -1.76. The van der Waals surface area contributed by atoms with Gasteiger partial charge in [-0.2, -0.15) is 28.4 Å². The van der Waals surface area contributed by atoms with Gasteiger partial charge in [-0.3, -0.25) is 18.2 Å². The van der Waals surface area contributed by atoms with E-state index in [1.807, 2.05) is 12.2 Å². The van der Waals surface area contributed by atoms with Crippen molar-refractivity contribution in [1.29, 1.82) is 0 Å². The maximum atomic E-state index is 9.37. The molecule has 0 unspecified atom stereocenters. The van der Waals surface area contributed by atoms with Crippen molar-refractivity contribution in [1.82, 2.24) is 0 Å². The first-order valence-electron chi connectivity index (χ1n) is 10.4. The summed E-state index contributed by atoms with van der Waals surface area (Å²) in [5.74, 6) is 0. The van der Waals surface area contributed by atoms with Gasteiger partial charge in [-0.1, -0.05) is 66.2 Å². The molecule has 0 N–H and O–H groups in total. The van der Waals surface area contributed by atoms with Gasteiger partial charge in [0.05, 0.1) is 0 Å². The van der Waals surface area contributed by atoms with Gasteiger partial charge in [0, 0.05) is 0 Å². The van der Waals surface area contributed by atoms with Crippen LogP contribution in [0.1, 0.15) is 75.7 Å². The zero-order valence-electron chi connectivity index (χ0n) is 21.5. The fourth-order valence-corrected chi connectivity index (χ4v) is 3.36. The Labute approximate surface area is 214 Å². The van der Waals surface area contributed by atoms with Crippen LogP contribution in [-0.4, -0.2) is 14.2 Å². The summed E-state index contributed by atoms with van der Waals surface area (Å²) >= 11 is -2.47. The van der Waals surface area contributed by atoms with Crippen LogP contribution in [0.3, 0.4) is 0 Å². The minimum absolute atomic E-state index is 0. The smallest absolute Gasteiger partial charge is 0.273 e. The molecule has 3 aliphatic carbocycles. The van der Waals surface area contributed by atoms with E-state index in [4.69, 9.17) is 0 Å². The average Bonchev–Trinajstić information content (AvgIpc) is 3.41. The van der Waals surface area contributed by atoms with Gasteiger partial charge in [0.2, 0.25) is 0 Å². The van der Waals surface area contributed by atoms with E-state index < -0.39 is 12.8 Å². The van der Waals surface area contributed by atoms with E-state index in [0.29, 0.717) is 0 Å². The van der Waals surface area contributed by atoms with Gasteiger partial charge in [0.25, 0.3) is 0 Å². The van der Waals surface area contributed by atoms with Crippen LogP contribution >= 0.6 is 0 Å². The first-order chi connectivity index (χ1) is 14.7. The van der Waals surface area contributed by atoms with Crippen molar-refractivity contribution in [3.05, 3.63) is 69.9 Å². The summed E-state index contributed by atoms with van der Waals surface area (Å²) < 4.78 is 3.69. The Bertz CT molecular complexity index is 1010. The number of hydrogen-bond donors (Lipinski definition) is 0. The molecule has 3 aliphatic rings. The molecule has 0 bridgehead atoms. The van der Waals surface area contributed by atoms with Crippen LogP contribution in [-0.2, 0) is 44.6 Å². The van der Waals surface area contributed by atoms with Crippen molar-refractivity contribution >= 4 is 14.2 Å². The predicted molar refractivity (Wildman–Crippen MR) is 128 cm³/mol. The van der Waals surface area contributed by atoms with Crippen LogP contribution in [0.25, 0.3) is 0 Å². The van der Waals surface area contributed by atoms with Crippen molar-refractivity contribution in [2.45, 2.75) is 75.7 Å². The van der Waals surface area contributed by atoms with E-state index in [-0.39, 0.29) is 28.2 Å². The minimum atomic E-state index is -2.47. The Morgan fingerprint density at radius 3 is 1.18 bits per heavy atom. The predicted octanol–water partition coefficient (Wildman–Crippen LogP) is 6.33. The van der Waals surface area contributed by atoms with Crippen LogP contribution in [0.5, 0.6) is 0 Å². The summed E-state index contributed by atoms with van der Waals surface area (Å²) in [5.41, 5.74) is 8.79. The Balaban J connectivity index is 0. The topological polar surface area (TPSA) is 51.2 Å². The van der Waals surface area contributed by atoms with E-state index >= 15 is 0 Å². The standard InChI is InChI=1S/2C10H15.C5H5.3CO.2Cr/c2*1-7-6-10(4,5)9(3)8(7)2;1-2-4-5-3-1;3*1-2;;/h2*1-5H3;1-3H,4H2;;;;;/q3*-1;;;;;+2.